The number of hydrogen-bond acceptors (Lipinski definition) is 0. The van der Waals surface area contributed by atoms with Crippen LogP contribution in [0, 0.1) is 69.2 Å². The van der Waals surface area contributed by atoms with Crippen molar-refractivity contribution in [3.8, 4) is 55.6 Å². The third kappa shape index (κ3) is 16.2. The summed E-state index contributed by atoms with van der Waals surface area (Å²) in [5.74, 6) is 0. The topological polar surface area (TPSA) is 0 Å². The van der Waals surface area contributed by atoms with Crippen molar-refractivity contribution in [3.05, 3.63) is 419 Å². The Kier molecular flexibility index (Phi) is 22.0. The molecule has 0 nitrogen and oxygen atoms in total. The second kappa shape index (κ2) is 32.9. The zero-order chi connectivity index (χ0) is 82.3. The maximum absolute atomic E-state index is 2.33. The lowest BCUT2D eigenvalue weighted by atomic mass is 9.85. The number of benzene rings is 20. The van der Waals surface area contributed by atoms with Crippen molar-refractivity contribution in [2.24, 2.45) is 0 Å². The van der Waals surface area contributed by atoms with Gasteiger partial charge in [-0.05, 0) is 307 Å². The minimum absolute atomic E-state index is 0.177. The second-order valence-corrected chi connectivity index (χ2v) is 35.0. The molecule has 0 saturated heterocycles. The highest BCUT2D eigenvalue weighted by Gasteiger charge is 2.21. The van der Waals surface area contributed by atoms with Crippen molar-refractivity contribution in [1.29, 1.82) is 0 Å². The van der Waals surface area contributed by atoms with Crippen molar-refractivity contribution in [1.82, 2.24) is 0 Å². The monoisotopic (exact) mass is 1520 g/mol. The highest BCUT2D eigenvalue weighted by atomic mass is 14.2. The molecular weight excluding hydrogens is 1420 g/mol. The molecule has 118 heavy (non-hydrogen) atoms. The highest BCUT2D eigenvalue weighted by Crippen LogP contribution is 2.45. The molecule has 0 atom stereocenters. The van der Waals surface area contributed by atoms with E-state index in [9.17, 15) is 0 Å². The van der Waals surface area contributed by atoms with Crippen molar-refractivity contribution in [3.63, 3.8) is 0 Å². The lowest BCUT2D eigenvalue weighted by Crippen LogP contribution is -2.10. The molecule has 0 aliphatic heterocycles. The van der Waals surface area contributed by atoms with Crippen LogP contribution in [0.4, 0.5) is 0 Å². The quantitative estimate of drug-likeness (QED) is 0.151. The summed E-state index contributed by atoms with van der Waals surface area (Å²) in [4.78, 5) is 0. The van der Waals surface area contributed by atoms with Gasteiger partial charge in [-0.15, -0.1) is 0 Å². The molecule has 0 saturated carbocycles. The Morgan fingerprint density at radius 3 is 0.771 bits per heavy atom. The first-order valence-electron chi connectivity index (χ1n) is 41.9. The van der Waals surface area contributed by atoms with Crippen molar-refractivity contribution in [2.75, 3.05) is 0 Å². The number of fused-ring (bicyclic) bond motifs is 10. The summed E-state index contributed by atoms with van der Waals surface area (Å²) in [7, 11) is 0. The van der Waals surface area contributed by atoms with E-state index in [1.165, 1.54) is 230 Å². The van der Waals surface area contributed by atoms with Crippen LogP contribution in [0.5, 0.6) is 0 Å². The fourth-order valence-corrected chi connectivity index (χ4v) is 17.9. The average molecular weight is 1520 g/mol. The van der Waals surface area contributed by atoms with E-state index in [2.05, 4.69) is 463 Å². The van der Waals surface area contributed by atoms with Gasteiger partial charge in [-0.2, -0.15) is 0 Å². The van der Waals surface area contributed by atoms with Gasteiger partial charge in [0.15, 0.2) is 0 Å². The zero-order valence-electron chi connectivity index (χ0n) is 71.5. The van der Waals surface area contributed by atoms with E-state index in [1.54, 1.807) is 0 Å². The Morgan fingerprint density at radius 2 is 0.407 bits per heavy atom. The van der Waals surface area contributed by atoms with Gasteiger partial charge in [-0.3, -0.25) is 0 Å². The second-order valence-electron chi connectivity index (χ2n) is 35.0. The first kappa shape index (κ1) is 78.9. The fourth-order valence-electron chi connectivity index (χ4n) is 17.9. The van der Waals surface area contributed by atoms with E-state index in [1.807, 2.05) is 0 Å². The van der Waals surface area contributed by atoms with Crippen LogP contribution in [0.2, 0.25) is 0 Å². The van der Waals surface area contributed by atoms with Crippen LogP contribution < -0.4 is 0 Å². The molecule has 0 aliphatic carbocycles. The smallest absolute Gasteiger partial charge is 0.00214 e. The van der Waals surface area contributed by atoms with Crippen LogP contribution >= 0.6 is 0 Å². The van der Waals surface area contributed by atoms with Crippen LogP contribution in [-0.4, -0.2) is 0 Å². The van der Waals surface area contributed by atoms with E-state index in [0.29, 0.717) is 0 Å². The third-order valence-electron chi connectivity index (χ3n) is 23.9. The minimum atomic E-state index is 0.177. The number of aryl methyl sites for hydroxylation is 10. The summed E-state index contributed by atoms with van der Waals surface area (Å²) in [6.07, 6.45) is 0. The molecule has 20 aromatic carbocycles. The molecule has 0 heterocycles. The Balaban J connectivity index is 0.000000110. The summed E-state index contributed by atoms with van der Waals surface area (Å²) in [6.45, 7) is 35.4. The standard InChI is InChI=1S/2C25H24.C24H22.2C22H18/c1-17-9-14-23-20(15-17)16-19-7-5-6-8-22(19)24(23)18-10-12-21(13-11-18)25(2,3)4;1-17-9-10-20-16-19-7-5-6-8-22(19)24(23(20)15-17)18-11-13-21(14-12-18)25(2,3)4;1-15-9-10-20-14-19-7-5-6-8-21(19)24(22(20)13-15)23-17(3)11-16(2)12-18(23)4;1-15-11-12-21-18(13-15)14-17-8-4-6-10-20(17)22(21)19-9-5-3-7-16(19)2;1-15-11-12-18-14-17-8-4-6-10-20(17)22(21(18)13-15)19-9-5-3-7-16(19)2/h2*5-16H,1-4H3;5-14H,1-4H3;2*3-14H,1-2H3. The normalized spacial score (nSPS) is 11.6. The molecule has 0 unspecified atom stereocenters. The van der Waals surface area contributed by atoms with E-state index < -0.39 is 0 Å². The SMILES string of the molecule is Cc1cc(C)c(-c2c3ccccc3cc3ccc(C)cc23)c(C)c1.Cc1ccc2c(-c3ccc(C(C)(C)C)cc3)c3ccccc3cc2c1.Cc1ccc2c(-c3ccccc3C)c3ccccc3cc2c1.Cc1ccc2cc3ccccc3c(-c3ccc(C(C)(C)C)cc3)c2c1.Cc1ccc2cc3ccccc3c(-c3ccccc3C)c2c1. The largest absolute Gasteiger partial charge is 0.0620 e. The van der Waals surface area contributed by atoms with Crippen LogP contribution in [0.1, 0.15) is 108 Å². The summed E-state index contributed by atoms with van der Waals surface area (Å²) in [6, 6.07) is 129. The maximum atomic E-state index is 2.33. The van der Waals surface area contributed by atoms with Gasteiger partial charge in [-0.25, -0.2) is 0 Å². The van der Waals surface area contributed by atoms with Crippen molar-refractivity contribution in [2.45, 2.75) is 122 Å². The van der Waals surface area contributed by atoms with Crippen molar-refractivity contribution >= 4 is 108 Å². The Morgan fingerprint density at radius 1 is 0.153 bits per heavy atom. The van der Waals surface area contributed by atoms with Gasteiger partial charge in [0.25, 0.3) is 0 Å². The Labute approximate surface area is 698 Å². The average Bonchev–Trinajstić information content (AvgIpc) is 0.775. The molecule has 0 amide bonds. The molecule has 20 aromatic rings. The summed E-state index contributed by atoms with van der Waals surface area (Å²) in [5.41, 5.74) is 29.7. The summed E-state index contributed by atoms with van der Waals surface area (Å²) < 4.78 is 0. The molecular formula is C118H106. The van der Waals surface area contributed by atoms with E-state index in [-0.39, 0.29) is 10.8 Å². The molecule has 0 aliphatic rings. The van der Waals surface area contributed by atoms with Gasteiger partial charge < -0.3 is 0 Å². The van der Waals surface area contributed by atoms with E-state index >= 15 is 0 Å². The Bertz CT molecular complexity index is 7180. The fraction of sp³-hybridized carbons (Fsp3) is 0.153. The van der Waals surface area contributed by atoms with Gasteiger partial charge in [0.05, 0.1) is 0 Å². The van der Waals surface area contributed by atoms with Crippen LogP contribution in [0.25, 0.3) is 163 Å². The maximum Gasteiger partial charge on any atom is -0.00214 e. The minimum Gasteiger partial charge on any atom is -0.0620 e. The predicted molar refractivity (Wildman–Crippen MR) is 519 cm³/mol. The Hall–Kier alpha value is -13.0. The van der Waals surface area contributed by atoms with Gasteiger partial charge in [-0.1, -0.05) is 396 Å². The first-order valence-corrected chi connectivity index (χ1v) is 41.9. The van der Waals surface area contributed by atoms with Crippen LogP contribution in [-0.2, 0) is 10.8 Å². The van der Waals surface area contributed by atoms with Gasteiger partial charge in [0.2, 0.25) is 0 Å². The predicted octanol–water partition coefficient (Wildman–Crippen LogP) is 34.0. The molecule has 0 N–H and O–H groups in total. The molecule has 20 rings (SSSR count). The number of rotatable bonds is 5. The highest BCUT2D eigenvalue weighted by molar-refractivity contribution is 6.18. The van der Waals surface area contributed by atoms with Crippen molar-refractivity contribution < 1.29 is 0 Å². The summed E-state index contributed by atoms with van der Waals surface area (Å²) in [5, 5.41) is 26.4. The summed E-state index contributed by atoms with van der Waals surface area (Å²) >= 11 is 0. The van der Waals surface area contributed by atoms with Gasteiger partial charge >= 0.3 is 0 Å². The molecule has 0 fully saturated rings. The molecule has 578 valence electrons. The third-order valence-corrected chi connectivity index (χ3v) is 23.9. The molecule has 0 spiro atoms. The van der Waals surface area contributed by atoms with Gasteiger partial charge in [0.1, 0.15) is 0 Å². The lowest BCUT2D eigenvalue weighted by Gasteiger charge is -2.20. The van der Waals surface area contributed by atoms with E-state index in [4.69, 9.17) is 0 Å². The first-order chi connectivity index (χ1) is 56.9. The van der Waals surface area contributed by atoms with Gasteiger partial charge in [0, 0.05) is 0 Å². The van der Waals surface area contributed by atoms with E-state index in [0.717, 1.165) is 0 Å². The zero-order valence-corrected chi connectivity index (χ0v) is 71.5. The van der Waals surface area contributed by atoms with Crippen LogP contribution in [0.3, 0.4) is 0 Å². The molecule has 0 bridgehead atoms. The molecule has 0 heteroatoms. The molecule has 0 radical (unpaired) electrons. The molecule has 0 aromatic heterocycles. The lowest BCUT2D eigenvalue weighted by molar-refractivity contribution is 0.590. The number of hydrogen-bond donors (Lipinski definition) is 0. The van der Waals surface area contributed by atoms with Crippen LogP contribution in [0.15, 0.2) is 352 Å².